The van der Waals surface area contributed by atoms with E-state index >= 15 is 0 Å². The van der Waals surface area contributed by atoms with Gasteiger partial charge < -0.3 is 14.5 Å². The van der Waals surface area contributed by atoms with Gasteiger partial charge in [0.05, 0.1) is 23.8 Å². The highest BCUT2D eigenvalue weighted by molar-refractivity contribution is 5.93. The summed E-state index contributed by atoms with van der Waals surface area (Å²) in [6, 6.07) is 4.37. The first kappa shape index (κ1) is 16.5. The molecule has 1 aliphatic heterocycles. The minimum absolute atomic E-state index is 0.0970. The predicted octanol–water partition coefficient (Wildman–Crippen LogP) is 3.56. The van der Waals surface area contributed by atoms with Crippen molar-refractivity contribution in [1.29, 1.82) is 0 Å². The lowest BCUT2D eigenvalue weighted by Crippen LogP contribution is -2.35. The topological polar surface area (TPSA) is 77.2 Å². The van der Waals surface area contributed by atoms with Crippen LogP contribution in [0.3, 0.4) is 0 Å². The van der Waals surface area contributed by atoms with E-state index in [0.717, 1.165) is 12.2 Å². The van der Waals surface area contributed by atoms with E-state index in [4.69, 9.17) is 9.15 Å². The summed E-state index contributed by atoms with van der Waals surface area (Å²) < 4.78 is 25.0. The van der Waals surface area contributed by atoms with E-state index in [-0.39, 0.29) is 29.2 Å². The fraction of sp³-hybridized carbons (Fsp3) is 0.316. The van der Waals surface area contributed by atoms with E-state index in [1.165, 1.54) is 12.1 Å². The monoisotopic (exact) mass is 355 g/mol. The van der Waals surface area contributed by atoms with Gasteiger partial charge in [0, 0.05) is 11.6 Å². The summed E-state index contributed by atoms with van der Waals surface area (Å²) in [7, 11) is 0. The highest BCUT2D eigenvalue weighted by atomic mass is 19.1. The SMILES string of the molecule is CC1C=CC=C2OCC(C(=O)Nc3ccc(-c4nnco4)c(F)c3)CC21. The minimum atomic E-state index is -0.539. The predicted molar refractivity (Wildman–Crippen MR) is 92.3 cm³/mol. The molecule has 0 saturated carbocycles. The smallest absolute Gasteiger partial charge is 0.250 e. The van der Waals surface area contributed by atoms with Crippen molar-refractivity contribution < 1.29 is 18.3 Å². The van der Waals surface area contributed by atoms with E-state index in [2.05, 4.69) is 28.5 Å². The molecule has 7 heteroatoms. The Morgan fingerprint density at radius 2 is 2.27 bits per heavy atom. The third-order valence-corrected chi connectivity index (χ3v) is 4.86. The molecule has 134 valence electrons. The van der Waals surface area contributed by atoms with Crippen LogP contribution in [0.1, 0.15) is 13.3 Å². The molecule has 0 radical (unpaired) electrons. The van der Waals surface area contributed by atoms with Crippen LogP contribution in [0.4, 0.5) is 10.1 Å². The summed E-state index contributed by atoms with van der Waals surface area (Å²) >= 11 is 0. The van der Waals surface area contributed by atoms with Crippen LogP contribution < -0.4 is 5.32 Å². The lowest BCUT2D eigenvalue weighted by Gasteiger charge is -2.35. The van der Waals surface area contributed by atoms with Gasteiger partial charge in [-0.15, -0.1) is 10.2 Å². The zero-order valence-electron chi connectivity index (χ0n) is 14.2. The number of hydrogen-bond donors (Lipinski definition) is 1. The average Bonchev–Trinajstić information content (AvgIpc) is 3.16. The normalized spacial score (nSPS) is 24.4. The van der Waals surface area contributed by atoms with E-state index in [9.17, 15) is 9.18 Å². The van der Waals surface area contributed by atoms with Gasteiger partial charge in [-0.1, -0.05) is 19.1 Å². The zero-order valence-corrected chi connectivity index (χ0v) is 14.2. The molecular weight excluding hydrogens is 337 g/mol. The van der Waals surface area contributed by atoms with Gasteiger partial charge in [-0.3, -0.25) is 4.79 Å². The number of hydrogen-bond acceptors (Lipinski definition) is 5. The molecule has 1 aromatic carbocycles. The molecule has 2 aliphatic rings. The maximum atomic E-state index is 14.3. The van der Waals surface area contributed by atoms with Gasteiger partial charge >= 0.3 is 0 Å². The molecule has 2 heterocycles. The lowest BCUT2D eigenvalue weighted by molar-refractivity contribution is -0.123. The number of allylic oxidation sites excluding steroid dienone is 4. The third-order valence-electron chi connectivity index (χ3n) is 4.86. The van der Waals surface area contributed by atoms with Crippen LogP contribution in [0.15, 0.2) is 53.0 Å². The van der Waals surface area contributed by atoms with Crippen molar-refractivity contribution in [1.82, 2.24) is 10.2 Å². The molecule has 1 amide bonds. The highest BCUT2D eigenvalue weighted by Crippen LogP contribution is 2.37. The molecule has 0 spiro atoms. The molecule has 1 saturated heterocycles. The van der Waals surface area contributed by atoms with Crippen molar-refractivity contribution >= 4 is 11.6 Å². The molecule has 3 unspecified atom stereocenters. The van der Waals surface area contributed by atoms with Crippen LogP contribution in [0.5, 0.6) is 0 Å². The van der Waals surface area contributed by atoms with E-state index < -0.39 is 5.82 Å². The third kappa shape index (κ3) is 3.12. The highest BCUT2D eigenvalue weighted by Gasteiger charge is 2.35. The largest absolute Gasteiger partial charge is 0.497 e. The van der Waals surface area contributed by atoms with Crippen LogP contribution in [0.25, 0.3) is 11.5 Å². The van der Waals surface area contributed by atoms with Crippen LogP contribution in [0.2, 0.25) is 0 Å². The molecule has 4 rings (SSSR count). The maximum Gasteiger partial charge on any atom is 0.250 e. The molecule has 1 N–H and O–H groups in total. The number of benzene rings is 1. The average molecular weight is 355 g/mol. The Kier molecular flexibility index (Phi) is 4.28. The number of amides is 1. The van der Waals surface area contributed by atoms with Crippen molar-refractivity contribution in [3.63, 3.8) is 0 Å². The fourth-order valence-electron chi connectivity index (χ4n) is 3.38. The van der Waals surface area contributed by atoms with Crippen molar-refractivity contribution in [2.24, 2.45) is 17.8 Å². The fourth-order valence-corrected chi connectivity index (χ4v) is 3.38. The summed E-state index contributed by atoms with van der Waals surface area (Å²) in [5.41, 5.74) is 0.577. The number of ether oxygens (including phenoxy) is 1. The van der Waals surface area contributed by atoms with E-state index in [0.29, 0.717) is 24.6 Å². The van der Waals surface area contributed by atoms with Gasteiger partial charge in [-0.25, -0.2) is 4.39 Å². The molecule has 1 fully saturated rings. The van der Waals surface area contributed by atoms with Crippen molar-refractivity contribution in [3.05, 3.63) is 54.4 Å². The number of fused-ring (bicyclic) bond motifs is 1. The second kappa shape index (κ2) is 6.74. The number of rotatable bonds is 3. The molecule has 1 aliphatic carbocycles. The molecular formula is C19H18FN3O3. The van der Waals surface area contributed by atoms with Crippen molar-refractivity contribution in [3.8, 4) is 11.5 Å². The molecule has 0 bridgehead atoms. The van der Waals surface area contributed by atoms with E-state index in [1.807, 2.05) is 12.2 Å². The van der Waals surface area contributed by atoms with Crippen molar-refractivity contribution in [2.45, 2.75) is 13.3 Å². The number of carbonyl (C=O) groups is 1. The standard InChI is InChI=1S/C19H18FN3O3/c1-11-3-2-4-17-15(11)7-12(9-25-17)18(24)22-13-5-6-14(16(20)8-13)19-23-21-10-26-19/h2-6,8,10-12,15H,7,9H2,1H3,(H,22,24). The summed E-state index contributed by atoms with van der Waals surface area (Å²) in [6.45, 7) is 2.45. The first-order chi connectivity index (χ1) is 12.6. The molecule has 3 atom stereocenters. The number of anilines is 1. The van der Waals surface area contributed by atoms with Gasteiger partial charge in [-0.2, -0.15) is 0 Å². The zero-order chi connectivity index (χ0) is 18.1. The summed E-state index contributed by atoms with van der Waals surface area (Å²) in [5.74, 6) is 0.598. The van der Waals surface area contributed by atoms with Gasteiger partial charge in [-0.05, 0) is 36.6 Å². The first-order valence-corrected chi connectivity index (χ1v) is 8.50. The quantitative estimate of drug-likeness (QED) is 0.911. The second-order valence-electron chi connectivity index (χ2n) is 6.59. The second-order valence-corrected chi connectivity index (χ2v) is 6.59. The number of carbonyl (C=O) groups excluding carboxylic acids is 1. The summed E-state index contributed by atoms with van der Waals surface area (Å²) in [4.78, 5) is 12.6. The Balaban J connectivity index is 1.44. The van der Waals surface area contributed by atoms with Gasteiger partial charge in [0.25, 0.3) is 0 Å². The minimum Gasteiger partial charge on any atom is -0.497 e. The van der Waals surface area contributed by atoms with Gasteiger partial charge in [0.15, 0.2) is 0 Å². The summed E-state index contributed by atoms with van der Waals surface area (Å²) in [6.07, 6.45) is 7.92. The lowest BCUT2D eigenvalue weighted by atomic mass is 9.79. The Hall–Kier alpha value is -2.96. The molecule has 2 aromatic rings. The number of aromatic nitrogens is 2. The Bertz CT molecular complexity index is 876. The number of nitrogens with zero attached hydrogens (tertiary/aromatic N) is 2. The van der Waals surface area contributed by atoms with Crippen molar-refractivity contribution in [2.75, 3.05) is 11.9 Å². The number of halogens is 1. The van der Waals surface area contributed by atoms with Gasteiger partial charge in [0.2, 0.25) is 18.2 Å². The van der Waals surface area contributed by atoms with Gasteiger partial charge in [0.1, 0.15) is 5.82 Å². The molecule has 26 heavy (non-hydrogen) atoms. The van der Waals surface area contributed by atoms with E-state index in [1.54, 1.807) is 6.07 Å². The van der Waals surface area contributed by atoms with Crippen LogP contribution >= 0.6 is 0 Å². The number of nitrogens with one attached hydrogen (secondary N) is 1. The Labute approximate surface area is 149 Å². The molecule has 6 nitrogen and oxygen atoms in total. The Morgan fingerprint density at radius 3 is 3.04 bits per heavy atom. The van der Waals surface area contributed by atoms with Crippen LogP contribution in [-0.2, 0) is 9.53 Å². The molecule has 1 aromatic heterocycles. The Morgan fingerprint density at radius 1 is 1.38 bits per heavy atom. The summed E-state index contributed by atoms with van der Waals surface area (Å²) in [5, 5.41) is 9.99. The van der Waals surface area contributed by atoms with Crippen LogP contribution in [0, 0.1) is 23.6 Å². The maximum absolute atomic E-state index is 14.3. The first-order valence-electron chi connectivity index (χ1n) is 8.50. The van der Waals surface area contributed by atoms with Crippen LogP contribution in [-0.4, -0.2) is 22.7 Å².